The van der Waals surface area contributed by atoms with Crippen LogP contribution in [0.4, 0.5) is 4.39 Å². The minimum Gasteiger partial charge on any atom is -0.342 e. The maximum absolute atomic E-state index is 14.2. The predicted molar refractivity (Wildman–Crippen MR) is 113 cm³/mol. The van der Waals surface area contributed by atoms with Crippen molar-refractivity contribution in [3.05, 3.63) is 46.4 Å². The number of hydrogen-bond acceptors (Lipinski definition) is 4. The summed E-state index contributed by atoms with van der Waals surface area (Å²) in [6.45, 7) is 1.23. The van der Waals surface area contributed by atoms with Gasteiger partial charge in [0.25, 0.3) is 0 Å². The van der Waals surface area contributed by atoms with E-state index >= 15 is 0 Å². The van der Waals surface area contributed by atoms with Crippen molar-refractivity contribution < 1.29 is 17.6 Å². The molecule has 1 aromatic heterocycles. The first-order valence-electron chi connectivity index (χ1n) is 9.92. The maximum Gasteiger partial charge on any atom is 0.226 e. The molecule has 2 aliphatic rings. The highest BCUT2D eigenvalue weighted by atomic mass is 32.2. The van der Waals surface area contributed by atoms with Crippen molar-refractivity contribution in [3.63, 3.8) is 0 Å². The number of likely N-dealkylation sites (tertiary alicyclic amines) is 1. The van der Waals surface area contributed by atoms with Crippen LogP contribution in [0.25, 0.3) is 11.1 Å². The second-order valence-electron chi connectivity index (χ2n) is 7.97. The SMILES string of the molecule is CS(=O)(=O)N[C@H]1CCCN(C(=O)[C@@H]2C[C@H]2c2sccc2-c2ccccc2F)CC1. The molecule has 1 N–H and O–H groups in total. The van der Waals surface area contributed by atoms with Crippen LogP contribution >= 0.6 is 11.3 Å². The quantitative estimate of drug-likeness (QED) is 0.779. The maximum atomic E-state index is 14.2. The zero-order valence-electron chi connectivity index (χ0n) is 16.3. The van der Waals surface area contributed by atoms with E-state index in [1.165, 1.54) is 12.3 Å². The van der Waals surface area contributed by atoms with Crippen molar-refractivity contribution in [1.82, 2.24) is 9.62 Å². The molecule has 0 spiro atoms. The normalized spacial score (nSPS) is 24.9. The number of amides is 1. The van der Waals surface area contributed by atoms with Gasteiger partial charge in [-0.05, 0) is 48.8 Å². The first-order valence-corrected chi connectivity index (χ1v) is 12.7. The molecule has 1 aliphatic carbocycles. The number of carbonyl (C=O) groups excluding carboxylic acids is 1. The van der Waals surface area contributed by atoms with Crippen LogP contribution < -0.4 is 4.72 Å². The zero-order chi connectivity index (χ0) is 20.6. The first kappa shape index (κ1) is 20.5. The van der Waals surface area contributed by atoms with Crippen LogP contribution in [0.15, 0.2) is 35.7 Å². The fourth-order valence-electron chi connectivity index (χ4n) is 4.24. The molecule has 3 atom stereocenters. The number of sulfonamides is 1. The molecule has 1 saturated carbocycles. The average Bonchev–Trinajstić information content (AvgIpc) is 3.37. The number of carbonyl (C=O) groups is 1. The van der Waals surface area contributed by atoms with Crippen molar-refractivity contribution in [1.29, 1.82) is 0 Å². The van der Waals surface area contributed by atoms with Crippen LogP contribution in [0, 0.1) is 11.7 Å². The highest BCUT2D eigenvalue weighted by Gasteiger charge is 2.47. The van der Waals surface area contributed by atoms with Crippen LogP contribution in [0.2, 0.25) is 0 Å². The summed E-state index contributed by atoms with van der Waals surface area (Å²) in [6, 6.07) is 8.58. The van der Waals surface area contributed by atoms with Gasteiger partial charge in [0, 0.05) is 41.4 Å². The van der Waals surface area contributed by atoms with Gasteiger partial charge >= 0.3 is 0 Å². The lowest BCUT2D eigenvalue weighted by Gasteiger charge is -2.21. The summed E-state index contributed by atoms with van der Waals surface area (Å²) >= 11 is 1.59. The predicted octanol–water partition coefficient (Wildman–Crippen LogP) is 3.59. The Bertz CT molecular complexity index is 1000. The Balaban J connectivity index is 1.42. The Morgan fingerprint density at radius 1 is 1.17 bits per heavy atom. The average molecular weight is 437 g/mol. The lowest BCUT2D eigenvalue weighted by molar-refractivity contribution is -0.132. The van der Waals surface area contributed by atoms with Crippen LogP contribution in [0.3, 0.4) is 0 Å². The Morgan fingerprint density at radius 2 is 1.97 bits per heavy atom. The van der Waals surface area contributed by atoms with E-state index in [1.807, 2.05) is 22.4 Å². The fraction of sp³-hybridized carbons (Fsp3) is 0.476. The summed E-state index contributed by atoms with van der Waals surface area (Å²) in [6.07, 6.45) is 4.13. The Kier molecular flexibility index (Phi) is 5.77. The molecule has 156 valence electrons. The van der Waals surface area contributed by atoms with Gasteiger partial charge in [0.05, 0.1) is 6.26 Å². The number of thiophene rings is 1. The number of benzene rings is 1. The molecule has 5 nitrogen and oxygen atoms in total. The topological polar surface area (TPSA) is 66.5 Å². The second-order valence-corrected chi connectivity index (χ2v) is 10.7. The zero-order valence-corrected chi connectivity index (χ0v) is 17.9. The fourth-order valence-corrected chi connectivity index (χ4v) is 6.17. The molecule has 1 aromatic carbocycles. The third-order valence-corrected chi connectivity index (χ3v) is 7.53. The van der Waals surface area contributed by atoms with Gasteiger partial charge in [-0.2, -0.15) is 0 Å². The number of nitrogens with zero attached hydrogens (tertiary/aromatic N) is 1. The number of hydrogen-bond donors (Lipinski definition) is 1. The molecule has 0 radical (unpaired) electrons. The molecular weight excluding hydrogens is 411 g/mol. The molecule has 29 heavy (non-hydrogen) atoms. The lowest BCUT2D eigenvalue weighted by Crippen LogP contribution is -2.36. The van der Waals surface area contributed by atoms with Crippen molar-refractivity contribution in [2.24, 2.45) is 5.92 Å². The van der Waals surface area contributed by atoms with Crippen LogP contribution in [-0.2, 0) is 14.8 Å². The van der Waals surface area contributed by atoms with Crippen molar-refractivity contribution in [2.45, 2.75) is 37.6 Å². The minimum atomic E-state index is -3.24. The molecule has 4 rings (SSSR count). The minimum absolute atomic E-state index is 0.0569. The smallest absolute Gasteiger partial charge is 0.226 e. The molecule has 1 aliphatic heterocycles. The van der Waals surface area contributed by atoms with Crippen LogP contribution in [0.1, 0.15) is 36.5 Å². The first-order chi connectivity index (χ1) is 13.8. The summed E-state index contributed by atoms with van der Waals surface area (Å²) < 4.78 is 39.9. The van der Waals surface area contributed by atoms with E-state index in [4.69, 9.17) is 0 Å². The van der Waals surface area contributed by atoms with E-state index in [2.05, 4.69) is 4.72 Å². The van der Waals surface area contributed by atoms with E-state index in [0.29, 0.717) is 25.1 Å². The molecule has 2 heterocycles. The Labute approximate surface area is 175 Å². The van der Waals surface area contributed by atoms with Crippen LogP contribution in [0.5, 0.6) is 0 Å². The van der Waals surface area contributed by atoms with Gasteiger partial charge in [-0.1, -0.05) is 18.2 Å². The third-order valence-electron chi connectivity index (χ3n) is 5.72. The van der Waals surface area contributed by atoms with Crippen molar-refractivity contribution in [2.75, 3.05) is 19.3 Å². The number of halogens is 1. The Hall–Kier alpha value is -1.77. The summed E-state index contributed by atoms with van der Waals surface area (Å²) in [7, 11) is -3.24. The summed E-state index contributed by atoms with van der Waals surface area (Å²) in [5.74, 6) is -0.0145. The van der Waals surface area contributed by atoms with Crippen LogP contribution in [-0.4, -0.2) is 44.6 Å². The van der Waals surface area contributed by atoms with Crippen molar-refractivity contribution in [3.8, 4) is 11.1 Å². The van der Waals surface area contributed by atoms with E-state index in [-0.39, 0.29) is 29.6 Å². The van der Waals surface area contributed by atoms with Gasteiger partial charge in [0.15, 0.2) is 0 Å². The van der Waals surface area contributed by atoms with E-state index in [0.717, 1.165) is 29.7 Å². The van der Waals surface area contributed by atoms with Gasteiger partial charge in [0.1, 0.15) is 5.82 Å². The molecule has 1 amide bonds. The van der Waals surface area contributed by atoms with E-state index in [1.54, 1.807) is 23.5 Å². The highest BCUT2D eigenvalue weighted by Crippen LogP contribution is 2.53. The molecule has 0 unspecified atom stereocenters. The summed E-state index contributed by atoms with van der Waals surface area (Å²) in [5, 5.41) is 1.96. The number of rotatable bonds is 5. The van der Waals surface area contributed by atoms with E-state index in [9.17, 15) is 17.6 Å². The van der Waals surface area contributed by atoms with Gasteiger partial charge < -0.3 is 4.90 Å². The molecule has 8 heteroatoms. The lowest BCUT2D eigenvalue weighted by atomic mass is 10.0. The number of nitrogens with one attached hydrogen (secondary N) is 1. The molecule has 1 saturated heterocycles. The summed E-state index contributed by atoms with van der Waals surface area (Å²) in [5.41, 5.74) is 1.48. The van der Waals surface area contributed by atoms with Gasteiger partial charge in [-0.15, -0.1) is 11.3 Å². The third kappa shape index (κ3) is 4.70. The van der Waals surface area contributed by atoms with E-state index < -0.39 is 10.0 Å². The standard InChI is InChI=1S/C21H25FN2O3S2/c1-29(26,27)23-14-5-4-10-24(11-8-14)21(25)18-13-17(18)20-16(9-12-28-20)15-6-2-3-7-19(15)22/h2-3,6-7,9,12,14,17-18,23H,4-5,8,10-11,13H2,1H3/t14-,17+,18+/m0/s1. The molecular formula is C21H25FN2O3S2. The highest BCUT2D eigenvalue weighted by molar-refractivity contribution is 7.88. The van der Waals surface area contributed by atoms with Crippen molar-refractivity contribution >= 4 is 27.3 Å². The van der Waals surface area contributed by atoms with Gasteiger partial charge in [-0.3, -0.25) is 4.79 Å². The van der Waals surface area contributed by atoms with Gasteiger partial charge in [-0.25, -0.2) is 17.5 Å². The van der Waals surface area contributed by atoms with Gasteiger partial charge in [0.2, 0.25) is 15.9 Å². The summed E-state index contributed by atoms with van der Waals surface area (Å²) in [4.78, 5) is 16.0. The Morgan fingerprint density at radius 3 is 2.72 bits per heavy atom. The molecule has 0 bridgehead atoms. The molecule has 2 fully saturated rings. The monoisotopic (exact) mass is 436 g/mol. The second kappa shape index (κ2) is 8.16. The molecule has 2 aromatic rings. The largest absolute Gasteiger partial charge is 0.342 e.